The molecule has 4 rings (SSSR count). The van der Waals surface area contributed by atoms with E-state index in [1.54, 1.807) is 5.57 Å². The highest BCUT2D eigenvalue weighted by atomic mass is 32.3. The van der Waals surface area contributed by atoms with Crippen LogP contribution in [0.25, 0.3) is 0 Å². The summed E-state index contributed by atoms with van der Waals surface area (Å²) in [5.41, 5.74) is 2.23. The van der Waals surface area contributed by atoms with Gasteiger partial charge in [0.25, 0.3) is 0 Å². The lowest BCUT2D eigenvalue weighted by atomic mass is 9.47. The van der Waals surface area contributed by atoms with Gasteiger partial charge in [-0.2, -0.15) is 8.42 Å². The van der Waals surface area contributed by atoms with Gasteiger partial charge in [-0.3, -0.25) is 4.18 Å². The van der Waals surface area contributed by atoms with E-state index in [9.17, 15) is 8.42 Å². The molecule has 41 heavy (non-hydrogen) atoms. The lowest BCUT2D eigenvalue weighted by molar-refractivity contribution is -0.0656. The zero-order valence-corrected chi connectivity index (χ0v) is 30.0. The second-order valence-corrected chi connectivity index (χ2v) is 22.9. The minimum absolute atomic E-state index is 0.179. The van der Waals surface area contributed by atoms with E-state index in [0.29, 0.717) is 29.3 Å². The van der Waals surface area contributed by atoms with Crippen LogP contribution in [0, 0.1) is 46.3 Å². The van der Waals surface area contributed by atoms with E-state index in [1.807, 2.05) is 0 Å². The monoisotopic (exact) mass is 610 g/mol. The van der Waals surface area contributed by atoms with E-state index >= 15 is 0 Å². The van der Waals surface area contributed by atoms with Crippen molar-refractivity contribution in [3.8, 4) is 0 Å². The highest BCUT2D eigenvalue weighted by Crippen LogP contribution is 2.67. The molecule has 0 aromatic rings. The SMILES string of the molecule is COS(=O)(=O)OC(CCC(C)C)[C@H](C)[C@@H]1CC[C@@H]2[C@H]3CC=C4C[C@H](O[Si](C)(C)C(C)(C)C)CC[C@@]4(C)[C@@H]3CC[C@]21C. The molecular weight excluding hydrogens is 549 g/mol. The van der Waals surface area contributed by atoms with Gasteiger partial charge in [-0.25, -0.2) is 4.18 Å². The van der Waals surface area contributed by atoms with Gasteiger partial charge in [-0.05, 0) is 129 Å². The van der Waals surface area contributed by atoms with Gasteiger partial charge in [-0.1, -0.05) is 67.0 Å². The van der Waals surface area contributed by atoms with Gasteiger partial charge in [0.05, 0.1) is 13.2 Å². The van der Waals surface area contributed by atoms with Crippen molar-refractivity contribution >= 4 is 18.7 Å². The lowest BCUT2D eigenvalue weighted by Crippen LogP contribution is -2.52. The van der Waals surface area contributed by atoms with Crippen LogP contribution in [0.15, 0.2) is 11.6 Å². The number of hydrogen-bond donors (Lipinski definition) is 0. The van der Waals surface area contributed by atoms with E-state index in [-0.39, 0.29) is 22.5 Å². The Labute approximate surface area is 254 Å². The molecule has 0 aromatic carbocycles. The van der Waals surface area contributed by atoms with Gasteiger partial charge in [0, 0.05) is 6.10 Å². The molecule has 0 N–H and O–H groups in total. The molecule has 9 atom stereocenters. The number of rotatable bonds is 10. The molecule has 238 valence electrons. The maximum Gasteiger partial charge on any atom is 0.399 e. The molecule has 3 fully saturated rings. The summed E-state index contributed by atoms with van der Waals surface area (Å²) in [5, 5.41) is 0.246. The van der Waals surface area contributed by atoms with Crippen molar-refractivity contribution in [3.05, 3.63) is 11.6 Å². The molecule has 5 nitrogen and oxygen atoms in total. The zero-order valence-electron chi connectivity index (χ0n) is 28.2. The normalized spacial score (nSPS) is 37.7. The summed E-state index contributed by atoms with van der Waals surface area (Å²) in [6, 6.07) is 0. The maximum absolute atomic E-state index is 12.4. The average Bonchev–Trinajstić information content (AvgIpc) is 3.22. The molecule has 4 aliphatic carbocycles. The van der Waals surface area contributed by atoms with Crippen LogP contribution < -0.4 is 0 Å². The molecule has 0 radical (unpaired) electrons. The van der Waals surface area contributed by atoms with Crippen molar-refractivity contribution in [3.63, 3.8) is 0 Å². The van der Waals surface area contributed by atoms with E-state index in [2.05, 4.69) is 74.6 Å². The van der Waals surface area contributed by atoms with Gasteiger partial charge in [0.2, 0.25) is 0 Å². The summed E-state index contributed by atoms with van der Waals surface area (Å²) in [5.74, 6) is 3.35. The van der Waals surface area contributed by atoms with Gasteiger partial charge >= 0.3 is 10.4 Å². The van der Waals surface area contributed by atoms with Crippen molar-refractivity contribution < 1.29 is 21.2 Å². The molecular formula is C34H62O5SSi. The van der Waals surface area contributed by atoms with Gasteiger partial charge in [0.15, 0.2) is 8.32 Å². The fourth-order valence-electron chi connectivity index (χ4n) is 9.57. The largest absolute Gasteiger partial charge is 0.414 e. The molecule has 0 aliphatic heterocycles. The molecule has 7 heteroatoms. The Bertz CT molecular complexity index is 1060. The second kappa shape index (κ2) is 11.9. The van der Waals surface area contributed by atoms with Gasteiger partial charge in [0.1, 0.15) is 0 Å². The van der Waals surface area contributed by atoms with Crippen LogP contribution in [0.4, 0.5) is 0 Å². The maximum atomic E-state index is 12.4. The van der Waals surface area contributed by atoms with Crippen molar-refractivity contribution in [2.75, 3.05) is 7.11 Å². The third kappa shape index (κ3) is 6.60. The molecule has 0 saturated heterocycles. The highest BCUT2D eigenvalue weighted by molar-refractivity contribution is 7.81. The third-order valence-electron chi connectivity index (χ3n) is 13.1. The Morgan fingerprint density at radius 2 is 1.68 bits per heavy atom. The molecule has 0 heterocycles. The summed E-state index contributed by atoms with van der Waals surface area (Å²) in [4.78, 5) is 0. The first-order chi connectivity index (χ1) is 18.8. The quantitative estimate of drug-likeness (QED) is 0.182. The summed E-state index contributed by atoms with van der Waals surface area (Å²) in [7, 11) is -4.55. The summed E-state index contributed by atoms with van der Waals surface area (Å²) in [6.07, 6.45) is 14.1. The Morgan fingerprint density at radius 1 is 1.00 bits per heavy atom. The molecule has 4 aliphatic rings. The first-order valence-electron chi connectivity index (χ1n) is 16.7. The number of allylic oxidation sites excluding steroid dienone is 1. The van der Waals surface area contributed by atoms with Crippen LogP contribution in [0.2, 0.25) is 18.1 Å². The Balaban J connectivity index is 1.51. The van der Waals surface area contributed by atoms with Crippen LogP contribution in [0.1, 0.15) is 120 Å². The lowest BCUT2D eigenvalue weighted by Gasteiger charge is -2.59. The topological polar surface area (TPSA) is 61.8 Å². The van der Waals surface area contributed by atoms with Crippen LogP contribution in [0.3, 0.4) is 0 Å². The third-order valence-corrected chi connectivity index (χ3v) is 18.5. The first kappa shape index (κ1) is 33.7. The van der Waals surface area contributed by atoms with E-state index in [4.69, 9.17) is 12.8 Å². The van der Waals surface area contributed by atoms with E-state index in [1.165, 1.54) is 52.1 Å². The van der Waals surface area contributed by atoms with Gasteiger partial charge < -0.3 is 4.43 Å². The second-order valence-electron chi connectivity index (χ2n) is 16.8. The number of hydrogen-bond acceptors (Lipinski definition) is 5. The summed E-state index contributed by atoms with van der Waals surface area (Å²) < 4.78 is 42.2. The van der Waals surface area contributed by atoms with Crippen molar-refractivity contribution in [2.24, 2.45) is 46.3 Å². The van der Waals surface area contributed by atoms with Crippen LogP contribution in [0.5, 0.6) is 0 Å². The number of fused-ring (bicyclic) bond motifs is 5. The Hall–Kier alpha value is -0.213. The predicted molar refractivity (Wildman–Crippen MR) is 171 cm³/mol. The molecule has 0 bridgehead atoms. The predicted octanol–water partition coefficient (Wildman–Crippen LogP) is 9.30. The van der Waals surface area contributed by atoms with Crippen LogP contribution in [-0.4, -0.2) is 36.1 Å². The van der Waals surface area contributed by atoms with Crippen LogP contribution in [-0.2, 0) is 23.2 Å². The van der Waals surface area contributed by atoms with Crippen molar-refractivity contribution in [1.82, 2.24) is 0 Å². The summed E-state index contributed by atoms with van der Waals surface area (Å²) in [6.45, 7) is 23.6. The molecule has 0 amide bonds. The average molecular weight is 611 g/mol. The van der Waals surface area contributed by atoms with Gasteiger partial charge in [-0.15, -0.1) is 0 Å². The Kier molecular flexibility index (Phi) is 9.81. The Morgan fingerprint density at radius 3 is 2.29 bits per heavy atom. The molecule has 0 aromatic heterocycles. The minimum Gasteiger partial charge on any atom is -0.414 e. The van der Waals surface area contributed by atoms with E-state index in [0.717, 1.165) is 31.1 Å². The van der Waals surface area contributed by atoms with E-state index < -0.39 is 18.7 Å². The zero-order chi connectivity index (χ0) is 30.6. The molecule has 0 spiro atoms. The standard InChI is InChI=1S/C34H62O5SSi/c1-23(2)12-17-31(38-40(35,36)37-9)24(3)28-15-16-29-27-14-13-25-22-26(39-41(10,11)32(4,5)6)18-20-33(25,7)30(27)19-21-34(28,29)8/h13,23-24,26-31H,12,14-22H2,1-11H3/t24-,26-,27-,28+,29-,30-,31?,33-,34+/m1/s1. The van der Waals surface area contributed by atoms with Crippen molar-refractivity contribution in [2.45, 2.75) is 150 Å². The molecule has 3 saturated carbocycles. The smallest absolute Gasteiger partial charge is 0.399 e. The fraction of sp³-hybridized carbons (Fsp3) is 0.941. The molecule has 1 unspecified atom stereocenters. The minimum atomic E-state index is -3.97. The van der Waals surface area contributed by atoms with Crippen LogP contribution >= 0.6 is 0 Å². The van der Waals surface area contributed by atoms with Crippen molar-refractivity contribution in [1.29, 1.82) is 0 Å². The fourth-order valence-corrected chi connectivity index (χ4v) is 11.6. The first-order valence-corrected chi connectivity index (χ1v) is 20.9. The summed E-state index contributed by atoms with van der Waals surface area (Å²) >= 11 is 0. The highest BCUT2D eigenvalue weighted by Gasteiger charge is 2.60.